The maximum absolute atomic E-state index is 12.9. The zero-order valence-corrected chi connectivity index (χ0v) is 15.5. The van der Waals surface area contributed by atoms with Gasteiger partial charge in [0.25, 0.3) is 5.91 Å². The van der Waals surface area contributed by atoms with E-state index in [9.17, 15) is 4.79 Å². The lowest BCUT2D eigenvalue weighted by Crippen LogP contribution is -2.39. The van der Waals surface area contributed by atoms with Crippen molar-refractivity contribution in [1.82, 2.24) is 9.88 Å². The lowest BCUT2D eigenvalue weighted by molar-refractivity contribution is 0.0711. The number of hydrogen-bond donors (Lipinski definition) is 0. The Morgan fingerprint density at radius 2 is 2.00 bits per heavy atom. The maximum Gasteiger partial charge on any atom is 0.263 e. The van der Waals surface area contributed by atoms with Gasteiger partial charge < -0.3 is 4.90 Å². The summed E-state index contributed by atoms with van der Waals surface area (Å²) in [6, 6.07) is 12.5. The van der Waals surface area contributed by atoms with E-state index in [0.717, 1.165) is 36.5 Å². The number of fused-ring (bicyclic) bond motifs is 1. The molecule has 1 amide bonds. The van der Waals surface area contributed by atoms with E-state index in [1.165, 1.54) is 21.2 Å². The second kappa shape index (κ2) is 6.60. The topological polar surface area (TPSA) is 33.2 Å². The van der Waals surface area contributed by atoms with Crippen molar-refractivity contribution in [1.29, 1.82) is 0 Å². The normalized spacial score (nSPS) is 17.8. The molecule has 1 aliphatic heterocycles. The first kappa shape index (κ1) is 16.3. The molecule has 0 spiro atoms. The van der Waals surface area contributed by atoms with Gasteiger partial charge in [0.15, 0.2) is 0 Å². The summed E-state index contributed by atoms with van der Waals surface area (Å²) < 4.78 is 0. The van der Waals surface area contributed by atoms with Gasteiger partial charge in [-0.2, -0.15) is 0 Å². The lowest BCUT2D eigenvalue weighted by Gasteiger charge is -2.32. The molecule has 3 aromatic rings. The van der Waals surface area contributed by atoms with Crippen LogP contribution in [0.4, 0.5) is 0 Å². The summed E-state index contributed by atoms with van der Waals surface area (Å²) in [7, 11) is 0. The summed E-state index contributed by atoms with van der Waals surface area (Å²) in [4.78, 5) is 21.7. The van der Waals surface area contributed by atoms with Crippen molar-refractivity contribution in [3.05, 3.63) is 63.6 Å². The van der Waals surface area contributed by atoms with Crippen molar-refractivity contribution >= 4 is 28.0 Å². The smallest absolute Gasteiger partial charge is 0.263 e. The van der Waals surface area contributed by atoms with Gasteiger partial charge in [-0.3, -0.25) is 9.78 Å². The molecule has 3 nitrogen and oxygen atoms in total. The molecule has 25 heavy (non-hydrogen) atoms. The molecule has 0 unspecified atom stereocenters. The molecule has 1 aromatic carbocycles. The summed E-state index contributed by atoms with van der Waals surface area (Å²) in [6.45, 7) is 5.76. The third kappa shape index (κ3) is 3.19. The predicted molar refractivity (Wildman–Crippen MR) is 103 cm³/mol. The van der Waals surface area contributed by atoms with Gasteiger partial charge in [-0.25, -0.2) is 0 Å². The monoisotopic (exact) mass is 350 g/mol. The van der Waals surface area contributed by atoms with Crippen LogP contribution in [0, 0.1) is 13.8 Å². The molecule has 128 valence electrons. The summed E-state index contributed by atoms with van der Waals surface area (Å²) in [5.74, 6) is 0.496. The Labute approximate surface area is 152 Å². The van der Waals surface area contributed by atoms with Crippen LogP contribution in [0.3, 0.4) is 0 Å². The van der Waals surface area contributed by atoms with Crippen molar-refractivity contribution in [3.63, 3.8) is 0 Å². The second-order valence-electron chi connectivity index (χ2n) is 6.90. The summed E-state index contributed by atoms with van der Waals surface area (Å²) in [5.41, 5.74) is 2.31. The van der Waals surface area contributed by atoms with Crippen LogP contribution in [-0.4, -0.2) is 28.9 Å². The second-order valence-corrected chi connectivity index (χ2v) is 8.15. The summed E-state index contributed by atoms with van der Waals surface area (Å²) in [5, 5.41) is 2.39. The molecule has 2 aromatic heterocycles. The molecule has 1 fully saturated rings. The highest BCUT2D eigenvalue weighted by Gasteiger charge is 2.27. The van der Waals surface area contributed by atoms with E-state index in [-0.39, 0.29) is 5.91 Å². The minimum Gasteiger partial charge on any atom is -0.337 e. The summed E-state index contributed by atoms with van der Waals surface area (Å²) in [6.07, 6.45) is 4.09. The number of aryl methyl sites for hydroxylation is 2. The number of aromatic nitrogens is 1. The Morgan fingerprint density at radius 1 is 1.20 bits per heavy atom. The van der Waals surface area contributed by atoms with E-state index in [1.54, 1.807) is 11.3 Å². The van der Waals surface area contributed by atoms with Gasteiger partial charge in [-0.1, -0.05) is 24.3 Å². The van der Waals surface area contributed by atoms with E-state index in [2.05, 4.69) is 43.1 Å². The molecule has 4 heteroatoms. The van der Waals surface area contributed by atoms with Gasteiger partial charge >= 0.3 is 0 Å². The van der Waals surface area contributed by atoms with E-state index in [1.807, 2.05) is 23.2 Å². The Kier molecular flexibility index (Phi) is 4.30. The van der Waals surface area contributed by atoms with Crippen LogP contribution < -0.4 is 0 Å². The molecule has 0 N–H and O–H groups in total. The molecule has 4 rings (SSSR count). The average molecular weight is 350 g/mol. The first-order valence-corrected chi connectivity index (χ1v) is 9.64. The number of amides is 1. The number of carbonyl (C=O) groups is 1. The van der Waals surface area contributed by atoms with Crippen molar-refractivity contribution in [2.75, 3.05) is 13.1 Å². The molecule has 1 atom stereocenters. The highest BCUT2D eigenvalue weighted by atomic mass is 32.1. The largest absolute Gasteiger partial charge is 0.337 e. The number of likely N-dealkylation sites (tertiary alicyclic amines) is 1. The fourth-order valence-corrected chi connectivity index (χ4v) is 4.56. The molecule has 3 heterocycles. The maximum atomic E-state index is 12.9. The third-order valence-corrected chi connectivity index (χ3v) is 6.30. The van der Waals surface area contributed by atoms with Gasteiger partial charge in [-0.05, 0) is 49.8 Å². The van der Waals surface area contributed by atoms with Gasteiger partial charge in [-0.15, -0.1) is 11.3 Å². The first-order chi connectivity index (χ1) is 12.1. The van der Waals surface area contributed by atoms with Crippen LogP contribution in [0.2, 0.25) is 0 Å². The molecule has 0 aliphatic carbocycles. The summed E-state index contributed by atoms with van der Waals surface area (Å²) >= 11 is 1.61. The van der Waals surface area contributed by atoms with Crippen molar-refractivity contribution < 1.29 is 4.79 Å². The predicted octanol–water partition coefficient (Wildman–Crippen LogP) is 4.93. The number of rotatable bonds is 2. The Hall–Kier alpha value is -2.20. The van der Waals surface area contributed by atoms with Gasteiger partial charge in [0.2, 0.25) is 0 Å². The molecule has 0 radical (unpaired) electrons. The number of piperidine rings is 1. The fourth-order valence-electron chi connectivity index (χ4n) is 3.56. The third-order valence-electron chi connectivity index (χ3n) is 5.16. The van der Waals surface area contributed by atoms with Crippen LogP contribution in [0.1, 0.15) is 44.6 Å². The molecule has 0 bridgehead atoms. The molecular formula is C21H22N2OS. The van der Waals surface area contributed by atoms with E-state index < -0.39 is 0 Å². The number of hydrogen-bond acceptors (Lipinski definition) is 3. The minimum atomic E-state index is 0.173. The zero-order chi connectivity index (χ0) is 17.4. The van der Waals surface area contributed by atoms with Crippen LogP contribution in [0.15, 0.2) is 42.6 Å². The number of carbonyl (C=O) groups excluding carboxylic acids is 1. The van der Waals surface area contributed by atoms with Gasteiger partial charge in [0.05, 0.1) is 4.88 Å². The molecule has 0 saturated carbocycles. The standard InChI is InChI=1S/C21H22N2OS/c1-14-10-20(25-15(14)2)21(24)23-9-5-8-18(13-23)19-11-16-6-3-4-7-17(16)12-22-19/h3-4,6-7,10-12,18H,5,8-9,13H2,1-2H3/t18-/m1/s1. The van der Waals surface area contributed by atoms with E-state index in [0.29, 0.717) is 5.92 Å². The van der Waals surface area contributed by atoms with Crippen molar-refractivity contribution in [2.45, 2.75) is 32.6 Å². The van der Waals surface area contributed by atoms with Crippen LogP contribution in [0.25, 0.3) is 10.8 Å². The number of thiophene rings is 1. The molecule has 1 aliphatic rings. The lowest BCUT2D eigenvalue weighted by atomic mass is 9.93. The van der Waals surface area contributed by atoms with Crippen molar-refractivity contribution in [3.8, 4) is 0 Å². The number of benzene rings is 1. The first-order valence-electron chi connectivity index (χ1n) is 8.83. The van der Waals surface area contributed by atoms with E-state index in [4.69, 9.17) is 0 Å². The fraction of sp³-hybridized carbons (Fsp3) is 0.333. The average Bonchev–Trinajstić information content (AvgIpc) is 2.99. The SMILES string of the molecule is Cc1cc(C(=O)N2CCC[C@@H](c3cc4ccccc4cn3)C2)sc1C. The van der Waals surface area contributed by atoms with Crippen LogP contribution in [0.5, 0.6) is 0 Å². The van der Waals surface area contributed by atoms with Crippen LogP contribution in [-0.2, 0) is 0 Å². The van der Waals surface area contributed by atoms with E-state index >= 15 is 0 Å². The molecular weight excluding hydrogens is 328 g/mol. The highest BCUT2D eigenvalue weighted by Crippen LogP contribution is 2.30. The highest BCUT2D eigenvalue weighted by molar-refractivity contribution is 7.14. The number of pyridine rings is 1. The zero-order valence-electron chi connectivity index (χ0n) is 14.7. The molecule has 1 saturated heterocycles. The van der Waals surface area contributed by atoms with Gasteiger partial charge in [0.1, 0.15) is 0 Å². The Morgan fingerprint density at radius 3 is 2.76 bits per heavy atom. The Bertz CT molecular complexity index is 911. The Balaban J connectivity index is 1.56. The quantitative estimate of drug-likeness (QED) is 0.656. The number of nitrogens with zero attached hydrogens (tertiary/aromatic N) is 2. The minimum absolute atomic E-state index is 0.173. The van der Waals surface area contributed by atoms with Gasteiger partial charge in [0, 0.05) is 41.2 Å². The van der Waals surface area contributed by atoms with Crippen molar-refractivity contribution in [2.24, 2.45) is 0 Å². The van der Waals surface area contributed by atoms with Crippen LogP contribution >= 0.6 is 11.3 Å².